The van der Waals surface area contributed by atoms with Crippen LogP contribution in [0.1, 0.15) is 17.3 Å². The van der Waals surface area contributed by atoms with E-state index in [-0.39, 0.29) is 11.8 Å². The van der Waals surface area contributed by atoms with Crippen LogP contribution in [0.2, 0.25) is 5.02 Å². The molecule has 32 heavy (non-hydrogen) atoms. The van der Waals surface area contributed by atoms with Crippen molar-refractivity contribution in [2.45, 2.75) is 13.0 Å². The van der Waals surface area contributed by atoms with E-state index in [1.54, 1.807) is 67.6 Å². The molecule has 3 rings (SSSR count). The second-order valence-corrected chi connectivity index (χ2v) is 7.18. The topological polar surface area (TPSA) is 85.9 Å². The first kappa shape index (κ1) is 23.0. The van der Waals surface area contributed by atoms with Gasteiger partial charge in [-0.3, -0.25) is 9.59 Å². The lowest BCUT2D eigenvalue weighted by molar-refractivity contribution is -0.122. The molecule has 0 aliphatic rings. The van der Waals surface area contributed by atoms with Crippen LogP contribution < -0.4 is 24.8 Å². The van der Waals surface area contributed by atoms with E-state index in [0.29, 0.717) is 39.2 Å². The fraction of sp³-hybridized carbons (Fsp3) is 0.167. The van der Waals surface area contributed by atoms with Gasteiger partial charge in [-0.2, -0.15) is 0 Å². The molecule has 0 saturated carbocycles. The SMILES string of the molecule is COc1ccc(NC(=O)c2ccc(OC(C)C(=O)Nc3ccccc3OC)cc2)cc1Cl. The summed E-state index contributed by atoms with van der Waals surface area (Å²) in [5.41, 5.74) is 1.53. The molecule has 2 amide bonds. The highest BCUT2D eigenvalue weighted by Crippen LogP contribution is 2.27. The van der Waals surface area contributed by atoms with Gasteiger partial charge in [-0.1, -0.05) is 23.7 Å². The summed E-state index contributed by atoms with van der Waals surface area (Å²) in [6, 6.07) is 18.6. The molecule has 7 nitrogen and oxygen atoms in total. The van der Waals surface area contributed by atoms with Crippen molar-refractivity contribution in [1.82, 2.24) is 0 Å². The fourth-order valence-corrected chi connectivity index (χ4v) is 3.13. The standard InChI is InChI=1S/C24H23ClN2O5/c1-15(23(28)27-20-6-4-5-7-22(20)31-3)32-18-11-8-16(9-12-18)24(29)26-17-10-13-21(30-2)19(25)14-17/h4-15H,1-3H3,(H,26,29)(H,27,28). The predicted octanol–water partition coefficient (Wildman–Crippen LogP) is 5.02. The number of anilines is 2. The van der Waals surface area contributed by atoms with E-state index >= 15 is 0 Å². The van der Waals surface area contributed by atoms with Gasteiger partial charge in [-0.05, 0) is 61.5 Å². The molecule has 0 fully saturated rings. The molecule has 0 saturated heterocycles. The van der Waals surface area contributed by atoms with E-state index in [9.17, 15) is 9.59 Å². The largest absolute Gasteiger partial charge is 0.495 e. The summed E-state index contributed by atoms with van der Waals surface area (Å²) in [4.78, 5) is 24.9. The van der Waals surface area contributed by atoms with E-state index in [1.165, 1.54) is 14.2 Å². The molecule has 0 aromatic heterocycles. The molecule has 0 heterocycles. The summed E-state index contributed by atoms with van der Waals surface area (Å²) in [5, 5.41) is 5.95. The smallest absolute Gasteiger partial charge is 0.265 e. The first-order valence-electron chi connectivity index (χ1n) is 9.76. The third-order valence-corrected chi connectivity index (χ3v) is 4.87. The number of benzene rings is 3. The number of ether oxygens (including phenoxy) is 3. The van der Waals surface area contributed by atoms with Crippen molar-refractivity contribution in [3.8, 4) is 17.2 Å². The third-order valence-electron chi connectivity index (χ3n) is 4.57. The molecular formula is C24H23ClN2O5. The van der Waals surface area contributed by atoms with Gasteiger partial charge in [0.15, 0.2) is 6.10 Å². The van der Waals surface area contributed by atoms with Crippen LogP contribution in [0.5, 0.6) is 17.2 Å². The average molecular weight is 455 g/mol. The van der Waals surface area contributed by atoms with Gasteiger partial charge in [0.25, 0.3) is 11.8 Å². The zero-order chi connectivity index (χ0) is 23.1. The van der Waals surface area contributed by atoms with Crippen molar-refractivity contribution < 1.29 is 23.8 Å². The summed E-state index contributed by atoms with van der Waals surface area (Å²) in [5.74, 6) is 0.903. The van der Waals surface area contributed by atoms with Gasteiger partial charge in [0.05, 0.1) is 24.9 Å². The molecule has 0 spiro atoms. The van der Waals surface area contributed by atoms with Gasteiger partial charge in [0, 0.05) is 11.3 Å². The summed E-state index contributed by atoms with van der Waals surface area (Å²) in [6.07, 6.45) is -0.763. The molecule has 1 atom stereocenters. The van der Waals surface area contributed by atoms with Gasteiger partial charge in [0.1, 0.15) is 17.2 Å². The van der Waals surface area contributed by atoms with E-state index in [2.05, 4.69) is 10.6 Å². The Bertz CT molecular complexity index is 1100. The van der Waals surface area contributed by atoms with Crippen LogP contribution in [0, 0.1) is 0 Å². The first-order valence-corrected chi connectivity index (χ1v) is 10.1. The van der Waals surface area contributed by atoms with Crippen molar-refractivity contribution in [3.63, 3.8) is 0 Å². The Labute approximate surface area is 191 Å². The van der Waals surface area contributed by atoms with Gasteiger partial charge in [-0.25, -0.2) is 0 Å². The van der Waals surface area contributed by atoms with E-state index in [0.717, 1.165) is 0 Å². The van der Waals surface area contributed by atoms with Gasteiger partial charge >= 0.3 is 0 Å². The maximum atomic E-state index is 12.5. The lowest BCUT2D eigenvalue weighted by atomic mass is 10.2. The molecule has 0 aliphatic carbocycles. The Hall–Kier alpha value is -3.71. The number of amides is 2. The minimum Gasteiger partial charge on any atom is -0.495 e. The van der Waals surface area contributed by atoms with Crippen LogP contribution in [-0.4, -0.2) is 32.1 Å². The highest BCUT2D eigenvalue weighted by atomic mass is 35.5. The number of halogens is 1. The number of nitrogens with one attached hydrogen (secondary N) is 2. The zero-order valence-electron chi connectivity index (χ0n) is 17.8. The number of para-hydroxylation sites is 2. The number of carbonyl (C=O) groups excluding carboxylic acids is 2. The number of carbonyl (C=O) groups is 2. The van der Waals surface area contributed by atoms with Crippen LogP contribution >= 0.6 is 11.6 Å². The zero-order valence-corrected chi connectivity index (χ0v) is 18.6. The van der Waals surface area contributed by atoms with Crippen LogP contribution in [-0.2, 0) is 4.79 Å². The van der Waals surface area contributed by atoms with Crippen LogP contribution in [0.4, 0.5) is 11.4 Å². The van der Waals surface area contributed by atoms with Crippen molar-refractivity contribution in [3.05, 3.63) is 77.3 Å². The number of rotatable bonds is 8. The minimum atomic E-state index is -0.763. The second kappa shape index (κ2) is 10.5. The Morgan fingerprint density at radius 1 is 0.875 bits per heavy atom. The third kappa shape index (κ3) is 5.70. The number of hydrogen-bond donors (Lipinski definition) is 2. The van der Waals surface area contributed by atoms with Gasteiger partial charge in [-0.15, -0.1) is 0 Å². The highest BCUT2D eigenvalue weighted by Gasteiger charge is 2.17. The molecule has 1 unspecified atom stereocenters. The normalized spacial score (nSPS) is 11.2. The van der Waals surface area contributed by atoms with Crippen LogP contribution in [0.3, 0.4) is 0 Å². The molecule has 0 radical (unpaired) electrons. The minimum absolute atomic E-state index is 0.306. The van der Waals surface area contributed by atoms with Gasteiger partial charge in [0.2, 0.25) is 0 Å². The Kier molecular flexibility index (Phi) is 7.57. The number of methoxy groups -OCH3 is 2. The average Bonchev–Trinajstić information content (AvgIpc) is 2.80. The lowest BCUT2D eigenvalue weighted by Crippen LogP contribution is -2.30. The molecule has 166 valence electrons. The molecule has 3 aromatic carbocycles. The predicted molar refractivity (Wildman–Crippen MR) is 124 cm³/mol. The van der Waals surface area contributed by atoms with E-state index in [4.69, 9.17) is 25.8 Å². The maximum Gasteiger partial charge on any atom is 0.265 e. The van der Waals surface area contributed by atoms with E-state index in [1.807, 2.05) is 6.07 Å². The molecule has 0 bridgehead atoms. The Morgan fingerprint density at radius 2 is 1.56 bits per heavy atom. The quantitative estimate of drug-likeness (QED) is 0.499. The maximum absolute atomic E-state index is 12.5. The molecule has 2 N–H and O–H groups in total. The highest BCUT2D eigenvalue weighted by molar-refractivity contribution is 6.32. The summed E-state index contributed by atoms with van der Waals surface area (Å²) >= 11 is 6.09. The monoisotopic (exact) mass is 454 g/mol. The van der Waals surface area contributed by atoms with E-state index < -0.39 is 6.10 Å². The second-order valence-electron chi connectivity index (χ2n) is 6.78. The van der Waals surface area contributed by atoms with Crippen molar-refractivity contribution in [1.29, 1.82) is 0 Å². The molecule has 0 aliphatic heterocycles. The molecule has 8 heteroatoms. The van der Waals surface area contributed by atoms with Crippen LogP contribution in [0.25, 0.3) is 0 Å². The summed E-state index contributed by atoms with van der Waals surface area (Å²) in [6.45, 7) is 1.64. The molecule has 3 aromatic rings. The van der Waals surface area contributed by atoms with Crippen molar-refractivity contribution in [2.75, 3.05) is 24.9 Å². The Balaban J connectivity index is 1.59. The fourth-order valence-electron chi connectivity index (χ4n) is 2.87. The van der Waals surface area contributed by atoms with Crippen molar-refractivity contribution >= 4 is 34.8 Å². The Morgan fingerprint density at radius 3 is 2.22 bits per heavy atom. The lowest BCUT2D eigenvalue weighted by Gasteiger charge is -2.16. The van der Waals surface area contributed by atoms with Crippen molar-refractivity contribution in [2.24, 2.45) is 0 Å². The van der Waals surface area contributed by atoms with Crippen LogP contribution in [0.15, 0.2) is 66.7 Å². The van der Waals surface area contributed by atoms with Gasteiger partial charge < -0.3 is 24.8 Å². The summed E-state index contributed by atoms with van der Waals surface area (Å²) in [7, 11) is 3.05. The number of hydrogen-bond acceptors (Lipinski definition) is 5. The molecular weight excluding hydrogens is 432 g/mol. The first-order chi connectivity index (χ1) is 15.4. The summed E-state index contributed by atoms with van der Waals surface area (Å²) < 4.78 is 16.0.